The number of carbonyl (C=O) groups is 2. The van der Waals surface area contributed by atoms with E-state index < -0.39 is 6.04 Å². The van der Waals surface area contributed by atoms with Crippen molar-refractivity contribution in [3.63, 3.8) is 0 Å². The zero-order valence-electron chi connectivity index (χ0n) is 25.3. The molecule has 0 aliphatic heterocycles. The quantitative estimate of drug-likeness (QED) is 0.186. The second kappa shape index (κ2) is 15.7. The van der Waals surface area contributed by atoms with Crippen LogP contribution in [-0.4, -0.2) is 51.7 Å². The van der Waals surface area contributed by atoms with Crippen LogP contribution in [0.3, 0.4) is 0 Å². The Balaban J connectivity index is 1.62. The summed E-state index contributed by atoms with van der Waals surface area (Å²) in [6, 6.07) is 26.7. The lowest BCUT2D eigenvalue weighted by Crippen LogP contribution is -2.44. The lowest BCUT2D eigenvalue weighted by atomic mass is 10.0. The number of amides is 2. The number of rotatable bonds is 14. The molecule has 0 unspecified atom stereocenters. The summed E-state index contributed by atoms with van der Waals surface area (Å²) < 4.78 is 21.6. The number of ether oxygens (including phenoxy) is 4. The molecule has 0 aliphatic carbocycles. The fourth-order valence-electron chi connectivity index (χ4n) is 4.95. The highest BCUT2D eigenvalue weighted by Crippen LogP contribution is 2.30. The Morgan fingerprint density at radius 1 is 0.705 bits per heavy atom. The summed E-state index contributed by atoms with van der Waals surface area (Å²) in [5.74, 6) is 1.83. The highest BCUT2D eigenvalue weighted by molar-refractivity contribution is 6.30. The monoisotopic (exact) mass is 616 g/mol. The Morgan fingerprint density at radius 3 is 1.84 bits per heavy atom. The van der Waals surface area contributed by atoms with E-state index in [0.717, 1.165) is 16.7 Å². The molecule has 0 heterocycles. The van der Waals surface area contributed by atoms with E-state index in [1.807, 2.05) is 66.7 Å². The van der Waals surface area contributed by atoms with Crippen molar-refractivity contribution in [2.45, 2.75) is 25.4 Å². The van der Waals surface area contributed by atoms with E-state index in [4.69, 9.17) is 30.5 Å². The third-order valence-corrected chi connectivity index (χ3v) is 7.48. The van der Waals surface area contributed by atoms with Gasteiger partial charge in [-0.25, -0.2) is 0 Å². The van der Waals surface area contributed by atoms with Gasteiger partial charge in [0.05, 0.1) is 34.9 Å². The van der Waals surface area contributed by atoms with Crippen LogP contribution in [0.5, 0.6) is 23.0 Å². The zero-order chi connectivity index (χ0) is 31.5. The van der Waals surface area contributed by atoms with Gasteiger partial charge in [-0.15, -0.1) is 0 Å². The Morgan fingerprint density at radius 2 is 1.25 bits per heavy atom. The highest BCUT2D eigenvalue weighted by Gasteiger charge is 2.31. The van der Waals surface area contributed by atoms with E-state index in [0.29, 0.717) is 46.5 Å². The predicted octanol–water partition coefficient (Wildman–Crippen LogP) is 6.05. The molecule has 8 nitrogen and oxygen atoms in total. The molecule has 1 N–H and O–H groups in total. The maximum absolute atomic E-state index is 14.1. The molecule has 0 fully saturated rings. The fraction of sp³-hybridized carbons (Fsp3) is 0.257. The van der Waals surface area contributed by atoms with E-state index in [2.05, 4.69) is 5.32 Å². The fourth-order valence-corrected chi connectivity index (χ4v) is 5.07. The molecule has 0 saturated heterocycles. The van der Waals surface area contributed by atoms with E-state index >= 15 is 0 Å². The molecule has 9 heteroatoms. The molecule has 4 aromatic carbocycles. The number of hydrogen-bond donors (Lipinski definition) is 1. The number of nitrogens with one attached hydrogen (secondary N) is 1. The molecule has 1 atom stereocenters. The van der Waals surface area contributed by atoms with Crippen LogP contribution < -0.4 is 24.3 Å². The van der Waals surface area contributed by atoms with Gasteiger partial charge in [-0.05, 0) is 65.1 Å². The zero-order valence-corrected chi connectivity index (χ0v) is 26.1. The smallest absolute Gasteiger partial charge is 0.247 e. The third kappa shape index (κ3) is 8.23. The van der Waals surface area contributed by atoms with Gasteiger partial charge < -0.3 is 29.2 Å². The van der Waals surface area contributed by atoms with E-state index in [1.54, 1.807) is 57.6 Å². The molecule has 0 spiro atoms. The summed E-state index contributed by atoms with van der Waals surface area (Å²) in [4.78, 5) is 29.7. The van der Waals surface area contributed by atoms with Gasteiger partial charge in [-0.2, -0.15) is 0 Å². The topological polar surface area (TPSA) is 86.3 Å². The second-order valence-electron chi connectivity index (χ2n) is 10.1. The normalized spacial score (nSPS) is 11.3. The molecule has 4 rings (SSSR count). The van der Waals surface area contributed by atoms with Crippen LogP contribution in [0.1, 0.15) is 28.3 Å². The van der Waals surface area contributed by atoms with Gasteiger partial charge >= 0.3 is 0 Å². The van der Waals surface area contributed by atoms with Gasteiger partial charge in [-0.3, -0.25) is 9.59 Å². The van der Waals surface area contributed by atoms with Crippen molar-refractivity contribution in [3.8, 4) is 23.0 Å². The maximum Gasteiger partial charge on any atom is 0.247 e. The van der Waals surface area contributed by atoms with Crippen molar-refractivity contribution in [1.82, 2.24) is 10.2 Å². The molecule has 44 heavy (non-hydrogen) atoms. The first-order chi connectivity index (χ1) is 21.4. The minimum atomic E-state index is -0.884. The molecule has 230 valence electrons. The van der Waals surface area contributed by atoms with E-state index in [-0.39, 0.29) is 24.8 Å². The van der Waals surface area contributed by atoms with Crippen molar-refractivity contribution in [3.05, 3.63) is 118 Å². The van der Waals surface area contributed by atoms with Gasteiger partial charge in [0, 0.05) is 18.1 Å². The number of carbonyl (C=O) groups excluding carboxylic acids is 2. The largest absolute Gasteiger partial charge is 0.493 e. The first-order valence-electron chi connectivity index (χ1n) is 14.1. The average molecular weight is 617 g/mol. The molecular formula is C35H37ClN2O6. The summed E-state index contributed by atoms with van der Waals surface area (Å²) in [6.45, 7) is 0.558. The maximum atomic E-state index is 14.1. The predicted molar refractivity (Wildman–Crippen MR) is 171 cm³/mol. The van der Waals surface area contributed by atoms with Crippen LogP contribution in [0.2, 0.25) is 5.02 Å². The number of methoxy groups -OCH3 is 4. The first kappa shape index (κ1) is 32.2. The summed E-state index contributed by atoms with van der Waals surface area (Å²) >= 11 is 6.14. The summed E-state index contributed by atoms with van der Waals surface area (Å²) in [5, 5.41) is 3.65. The minimum absolute atomic E-state index is 0.0518. The second-order valence-corrected chi connectivity index (χ2v) is 10.5. The number of nitrogens with zero attached hydrogens (tertiary/aromatic N) is 1. The Labute approximate surface area is 263 Å². The third-order valence-electron chi connectivity index (χ3n) is 7.23. The molecule has 4 aromatic rings. The van der Waals surface area contributed by atoms with Gasteiger partial charge in [0.1, 0.15) is 6.04 Å². The van der Waals surface area contributed by atoms with Crippen LogP contribution in [0.25, 0.3) is 0 Å². The molecule has 0 aliphatic rings. The number of hydrogen-bond acceptors (Lipinski definition) is 6. The minimum Gasteiger partial charge on any atom is -0.493 e. The van der Waals surface area contributed by atoms with Crippen molar-refractivity contribution >= 4 is 23.4 Å². The average Bonchev–Trinajstić information content (AvgIpc) is 3.05. The lowest BCUT2D eigenvalue weighted by molar-refractivity contribution is -0.141. The van der Waals surface area contributed by atoms with Crippen LogP contribution in [0.4, 0.5) is 0 Å². The van der Waals surface area contributed by atoms with Crippen molar-refractivity contribution in [2.24, 2.45) is 0 Å². The summed E-state index contributed by atoms with van der Waals surface area (Å²) in [5.41, 5.74) is 3.25. The van der Waals surface area contributed by atoms with Gasteiger partial charge in [0.25, 0.3) is 0 Å². The van der Waals surface area contributed by atoms with Crippen LogP contribution >= 0.6 is 11.6 Å². The molecule has 2 amide bonds. The number of halogens is 1. The Kier molecular flexibility index (Phi) is 11.5. The Bertz CT molecular complexity index is 1550. The summed E-state index contributed by atoms with van der Waals surface area (Å²) in [6.07, 6.45) is 0.612. The SMILES string of the molecule is COc1ccc(CCNC(=O)[C@@H](c2ccccc2)N(Cc2ccc(Cl)cc2)C(=O)Cc2ccc(OC)c(OC)c2)cc1OC. The molecular weight excluding hydrogens is 580 g/mol. The summed E-state index contributed by atoms with van der Waals surface area (Å²) in [7, 11) is 6.28. The molecule has 0 saturated carbocycles. The van der Waals surface area contributed by atoms with Gasteiger partial charge in [0.2, 0.25) is 11.8 Å². The first-order valence-corrected chi connectivity index (χ1v) is 14.5. The standard InChI is InChI=1S/C35H37ClN2O6/c1-41-29-16-12-24(20-31(29)43-3)18-19-37-35(40)34(27-8-6-5-7-9-27)38(23-25-10-14-28(36)15-11-25)33(39)22-26-13-17-30(42-2)32(21-26)44-4/h5-17,20-21,34H,18-19,22-23H2,1-4H3,(H,37,40)/t34-/m1/s1. The number of benzene rings is 4. The Hall–Kier alpha value is -4.69. The lowest BCUT2D eigenvalue weighted by Gasteiger charge is -2.32. The van der Waals surface area contributed by atoms with Crippen LogP contribution in [0.15, 0.2) is 91.0 Å². The van der Waals surface area contributed by atoms with Gasteiger partial charge in [0.15, 0.2) is 23.0 Å². The van der Waals surface area contributed by atoms with Crippen molar-refractivity contribution < 1.29 is 28.5 Å². The highest BCUT2D eigenvalue weighted by atomic mass is 35.5. The van der Waals surface area contributed by atoms with E-state index in [9.17, 15) is 9.59 Å². The van der Waals surface area contributed by atoms with Crippen LogP contribution in [-0.2, 0) is 29.0 Å². The van der Waals surface area contributed by atoms with E-state index in [1.165, 1.54) is 0 Å². The van der Waals surface area contributed by atoms with Gasteiger partial charge in [-0.1, -0.05) is 66.2 Å². The van der Waals surface area contributed by atoms with Crippen molar-refractivity contribution in [2.75, 3.05) is 35.0 Å². The molecule has 0 radical (unpaired) electrons. The molecule has 0 bridgehead atoms. The molecule has 0 aromatic heterocycles. The van der Waals surface area contributed by atoms with Crippen molar-refractivity contribution in [1.29, 1.82) is 0 Å². The van der Waals surface area contributed by atoms with Crippen LogP contribution in [0, 0.1) is 0 Å².